The molecule has 2 aliphatic rings. The Morgan fingerprint density at radius 3 is 2.67 bits per heavy atom. The van der Waals surface area contributed by atoms with Crippen LogP contribution in [0, 0.1) is 5.82 Å². The monoisotopic (exact) mass is 563 g/mol. The molecule has 6 rings (SSSR count). The zero-order chi connectivity index (χ0) is 28.4. The molecule has 3 heterocycles. The van der Waals surface area contributed by atoms with Crippen LogP contribution in [0.25, 0.3) is 10.8 Å². The molecule has 1 aromatic heterocycles. The van der Waals surface area contributed by atoms with Crippen molar-refractivity contribution < 1.29 is 27.5 Å². The van der Waals surface area contributed by atoms with E-state index in [9.17, 15) is 18.4 Å². The number of ether oxygens (including phenoxy) is 1. The van der Waals surface area contributed by atoms with E-state index in [1.54, 1.807) is 31.3 Å². The van der Waals surface area contributed by atoms with Crippen molar-refractivity contribution in [3.8, 4) is 0 Å². The third-order valence-corrected chi connectivity index (χ3v) is 7.39. The fourth-order valence-corrected chi connectivity index (χ4v) is 5.16. The van der Waals surface area contributed by atoms with Gasteiger partial charge >= 0.3 is 6.09 Å². The van der Waals surface area contributed by atoms with Crippen LogP contribution in [-0.4, -0.2) is 44.3 Å². The highest BCUT2D eigenvalue weighted by Crippen LogP contribution is 2.30. The zero-order valence-corrected chi connectivity index (χ0v) is 22.2. The number of amides is 2. The third kappa shape index (κ3) is 5.72. The van der Waals surface area contributed by atoms with E-state index in [-0.39, 0.29) is 35.2 Å². The molecule has 0 fully saturated rings. The molecule has 3 aromatic carbocycles. The summed E-state index contributed by atoms with van der Waals surface area (Å²) in [5, 5.41) is 6.48. The molecule has 0 saturated carbocycles. The van der Waals surface area contributed by atoms with E-state index in [2.05, 4.69) is 15.6 Å². The van der Waals surface area contributed by atoms with E-state index in [0.29, 0.717) is 34.3 Å². The highest BCUT2D eigenvalue weighted by atomic mass is 32.2. The average Bonchev–Trinajstić information content (AvgIpc) is 2.91. The zero-order valence-electron chi connectivity index (χ0n) is 21.4. The number of rotatable bonds is 3. The number of aromatic nitrogens is 1. The summed E-state index contributed by atoms with van der Waals surface area (Å²) in [5.41, 5.74) is 8.42. The number of benzene rings is 3. The van der Waals surface area contributed by atoms with Gasteiger partial charge in [0.1, 0.15) is 17.7 Å². The minimum absolute atomic E-state index is 0.0460. The van der Waals surface area contributed by atoms with Crippen molar-refractivity contribution in [3.63, 3.8) is 0 Å². The Morgan fingerprint density at radius 2 is 1.93 bits per heavy atom. The maximum Gasteiger partial charge on any atom is 0.411 e. The van der Waals surface area contributed by atoms with Crippen molar-refractivity contribution in [2.75, 3.05) is 30.0 Å². The lowest BCUT2D eigenvalue weighted by molar-refractivity contribution is -0.131. The van der Waals surface area contributed by atoms with Crippen LogP contribution in [-0.2, 0) is 33.6 Å². The number of carbonyl (C=O) groups excluding carboxylic acids is 2. The SMILES string of the molecule is CN1Cc2cc(ccc2S(=O)O)NC(=O)OCCc2ccc(cc2)[C@@H](Nc2cc(F)c3c(N)nccc3c2)C1=O. The molecular formula is C28H26FN5O5S. The quantitative estimate of drug-likeness (QED) is 0.267. The maximum atomic E-state index is 15.0. The fourth-order valence-electron chi connectivity index (χ4n) is 4.63. The first kappa shape index (κ1) is 27.0. The largest absolute Gasteiger partial charge is 0.449 e. The highest BCUT2D eigenvalue weighted by molar-refractivity contribution is 7.79. The summed E-state index contributed by atoms with van der Waals surface area (Å²) >= 11 is -2.34. The molecule has 2 amide bonds. The van der Waals surface area contributed by atoms with Gasteiger partial charge in [-0.05, 0) is 58.5 Å². The van der Waals surface area contributed by atoms with Crippen LogP contribution < -0.4 is 16.4 Å². The van der Waals surface area contributed by atoms with Gasteiger partial charge in [-0.3, -0.25) is 10.1 Å². The standard InChI is InChI=1S/C28H26FN5O5S/c1-34-15-19-13-20(6-7-23(19)40(37)38)33-28(36)39-11-9-16-2-4-17(5-3-16)25(27(34)35)32-21-12-18-8-10-31-26(30)24(18)22(29)14-21/h2-8,10,12-14,25,32H,9,11,15H2,1H3,(H2,30,31)(H,33,36)(H,37,38)/t25-/m1/s1. The molecule has 2 aliphatic heterocycles. The molecule has 4 aromatic rings. The summed E-state index contributed by atoms with van der Waals surface area (Å²) in [4.78, 5) is 31.6. The van der Waals surface area contributed by atoms with E-state index in [1.807, 2.05) is 12.1 Å². The second-order valence-electron chi connectivity index (χ2n) is 9.35. The summed E-state index contributed by atoms with van der Waals surface area (Å²) in [6.07, 6.45) is 1.26. The summed E-state index contributed by atoms with van der Waals surface area (Å²) in [6.45, 7) is 0.0735. The van der Waals surface area contributed by atoms with Gasteiger partial charge in [-0.25, -0.2) is 18.4 Å². The van der Waals surface area contributed by atoms with Crippen LogP contribution in [0.4, 0.5) is 26.4 Å². The first-order chi connectivity index (χ1) is 19.2. The number of halogens is 1. The van der Waals surface area contributed by atoms with Gasteiger partial charge in [0.25, 0.3) is 0 Å². The van der Waals surface area contributed by atoms with Crippen molar-refractivity contribution in [1.82, 2.24) is 9.88 Å². The van der Waals surface area contributed by atoms with Gasteiger partial charge in [0.15, 0.2) is 11.1 Å². The highest BCUT2D eigenvalue weighted by Gasteiger charge is 2.26. The normalized spacial score (nSPS) is 16.9. The Balaban J connectivity index is 1.55. The second kappa shape index (κ2) is 11.3. The van der Waals surface area contributed by atoms with Crippen LogP contribution in [0.15, 0.2) is 71.8 Å². The Kier molecular flexibility index (Phi) is 7.63. The van der Waals surface area contributed by atoms with Crippen LogP contribution in [0.5, 0.6) is 0 Å². The van der Waals surface area contributed by atoms with E-state index in [0.717, 1.165) is 5.56 Å². The molecular weight excluding hydrogens is 537 g/mol. The fraction of sp³-hybridized carbons (Fsp3) is 0.179. The van der Waals surface area contributed by atoms with Crippen molar-refractivity contribution in [1.29, 1.82) is 0 Å². The first-order valence-electron chi connectivity index (χ1n) is 12.3. The third-order valence-electron chi connectivity index (χ3n) is 6.62. The first-order valence-corrected chi connectivity index (χ1v) is 13.4. The molecule has 10 nitrogen and oxygen atoms in total. The number of likely N-dealkylation sites (N-methyl/N-ethyl adjacent to an activating group) is 1. The second-order valence-corrected chi connectivity index (χ2v) is 10.3. The van der Waals surface area contributed by atoms with Crippen molar-refractivity contribution in [3.05, 3.63) is 89.4 Å². The minimum Gasteiger partial charge on any atom is -0.449 e. The topological polar surface area (TPSA) is 147 Å². The molecule has 206 valence electrons. The molecule has 40 heavy (non-hydrogen) atoms. The van der Waals surface area contributed by atoms with Crippen LogP contribution in [0.2, 0.25) is 0 Å². The molecule has 12 heteroatoms. The molecule has 0 saturated heterocycles. The smallest absolute Gasteiger partial charge is 0.411 e. The van der Waals surface area contributed by atoms with Crippen molar-refractivity contribution >= 4 is 51.0 Å². The van der Waals surface area contributed by atoms with E-state index in [1.165, 1.54) is 35.4 Å². The Morgan fingerprint density at radius 1 is 1.15 bits per heavy atom. The number of nitrogens with zero attached hydrogens (tertiary/aromatic N) is 2. The Bertz CT molecular complexity index is 1630. The maximum absolute atomic E-state index is 15.0. The van der Waals surface area contributed by atoms with E-state index < -0.39 is 29.0 Å². The van der Waals surface area contributed by atoms with Crippen LogP contribution in [0.3, 0.4) is 0 Å². The molecule has 0 aliphatic carbocycles. The predicted octanol–water partition coefficient (Wildman–Crippen LogP) is 4.45. The Labute approximate surface area is 231 Å². The molecule has 1 unspecified atom stereocenters. The number of carbonyl (C=O) groups is 2. The summed E-state index contributed by atoms with van der Waals surface area (Å²) in [7, 11) is 1.56. The lowest BCUT2D eigenvalue weighted by Crippen LogP contribution is -2.35. The minimum atomic E-state index is -2.34. The van der Waals surface area contributed by atoms with Gasteiger partial charge in [0.05, 0.1) is 16.9 Å². The lowest BCUT2D eigenvalue weighted by Gasteiger charge is -2.27. The predicted molar refractivity (Wildman–Crippen MR) is 150 cm³/mol. The Hall–Kier alpha value is -4.55. The summed E-state index contributed by atoms with van der Waals surface area (Å²) < 4.78 is 42.1. The van der Waals surface area contributed by atoms with Crippen LogP contribution in [0.1, 0.15) is 22.7 Å². The van der Waals surface area contributed by atoms with Gasteiger partial charge in [-0.2, -0.15) is 0 Å². The number of nitrogens with two attached hydrogens (primary N) is 1. The number of fused-ring (bicyclic) bond motifs is 10. The lowest BCUT2D eigenvalue weighted by atomic mass is 10.0. The molecule has 0 radical (unpaired) electrons. The number of pyridine rings is 1. The van der Waals surface area contributed by atoms with E-state index >= 15 is 4.39 Å². The molecule has 2 atom stereocenters. The van der Waals surface area contributed by atoms with Gasteiger partial charge < -0.3 is 25.2 Å². The van der Waals surface area contributed by atoms with Gasteiger partial charge in [-0.15, -0.1) is 0 Å². The molecule has 5 N–H and O–H groups in total. The van der Waals surface area contributed by atoms with E-state index in [4.69, 9.17) is 10.5 Å². The van der Waals surface area contributed by atoms with Crippen LogP contribution >= 0.6 is 0 Å². The molecule has 0 spiro atoms. The number of anilines is 3. The average molecular weight is 564 g/mol. The summed E-state index contributed by atoms with van der Waals surface area (Å²) in [6, 6.07) is 15.3. The number of nitrogen functional groups attached to an aromatic ring is 1. The number of nitrogens with one attached hydrogen (secondary N) is 2. The van der Waals surface area contributed by atoms with Gasteiger partial charge in [-0.1, -0.05) is 24.3 Å². The number of hydrogen-bond donors (Lipinski definition) is 4. The van der Waals surface area contributed by atoms with Crippen molar-refractivity contribution in [2.24, 2.45) is 0 Å². The van der Waals surface area contributed by atoms with Crippen molar-refractivity contribution in [2.45, 2.75) is 23.9 Å². The summed E-state index contributed by atoms with van der Waals surface area (Å²) in [5.74, 6) is -0.886. The van der Waals surface area contributed by atoms with Gasteiger partial charge in [0.2, 0.25) is 5.91 Å². The number of hydrogen-bond acceptors (Lipinski definition) is 7. The van der Waals surface area contributed by atoms with Gasteiger partial charge in [0, 0.05) is 37.6 Å². The molecule has 4 bridgehead atoms.